The molecule has 0 atom stereocenters. The summed E-state index contributed by atoms with van der Waals surface area (Å²) in [6.07, 6.45) is 2.19. The number of rotatable bonds is 8. The van der Waals surface area contributed by atoms with Crippen LogP contribution in [0.5, 0.6) is 0 Å². The minimum Gasteiger partial charge on any atom is -0.332 e. The molecule has 0 aromatic heterocycles. The SMILES string of the molecule is C=CCNS(=O)(=O)c1ccc(NC(=S)NC(=O)CCc2ccccc2Cl)cc1. The highest BCUT2D eigenvalue weighted by Gasteiger charge is 2.13. The molecule has 0 spiro atoms. The Morgan fingerprint density at radius 2 is 1.82 bits per heavy atom. The largest absolute Gasteiger partial charge is 0.332 e. The monoisotopic (exact) mass is 437 g/mol. The molecule has 0 saturated carbocycles. The van der Waals surface area contributed by atoms with Crippen molar-refractivity contribution in [1.29, 1.82) is 0 Å². The van der Waals surface area contributed by atoms with Crippen LogP contribution in [-0.4, -0.2) is 26.0 Å². The standard InChI is InChI=1S/C19H20ClN3O3S2/c1-2-13-21-28(25,26)16-10-8-15(9-11-16)22-19(27)23-18(24)12-7-14-5-3-4-6-17(14)20/h2-6,8-11,21H,1,7,12-13H2,(H2,22,23,24,27). The van der Waals surface area contributed by atoms with E-state index in [1.807, 2.05) is 18.2 Å². The first-order valence-corrected chi connectivity index (χ1v) is 10.6. The van der Waals surface area contributed by atoms with Gasteiger partial charge < -0.3 is 10.6 Å². The van der Waals surface area contributed by atoms with Crippen LogP contribution >= 0.6 is 23.8 Å². The number of hydrogen-bond acceptors (Lipinski definition) is 4. The van der Waals surface area contributed by atoms with Crippen LogP contribution in [-0.2, 0) is 21.2 Å². The molecule has 2 aromatic carbocycles. The number of carbonyl (C=O) groups excluding carboxylic acids is 1. The van der Waals surface area contributed by atoms with Crippen molar-refractivity contribution in [3.8, 4) is 0 Å². The Labute approximate surface area is 175 Å². The number of thiocarbonyl (C=S) groups is 1. The van der Waals surface area contributed by atoms with E-state index in [0.29, 0.717) is 17.1 Å². The molecular weight excluding hydrogens is 418 g/mol. The van der Waals surface area contributed by atoms with Gasteiger partial charge in [0.2, 0.25) is 15.9 Å². The van der Waals surface area contributed by atoms with Crippen LogP contribution in [0.15, 0.2) is 66.1 Å². The highest BCUT2D eigenvalue weighted by molar-refractivity contribution is 7.89. The van der Waals surface area contributed by atoms with Gasteiger partial charge in [-0.1, -0.05) is 35.9 Å². The van der Waals surface area contributed by atoms with E-state index in [9.17, 15) is 13.2 Å². The Balaban J connectivity index is 1.86. The zero-order valence-corrected chi connectivity index (χ0v) is 17.3. The molecule has 2 aromatic rings. The average molecular weight is 438 g/mol. The molecule has 0 bridgehead atoms. The second kappa shape index (κ2) is 10.3. The van der Waals surface area contributed by atoms with Crippen LogP contribution < -0.4 is 15.4 Å². The van der Waals surface area contributed by atoms with Crippen molar-refractivity contribution >= 4 is 50.5 Å². The lowest BCUT2D eigenvalue weighted by Crippen LogP contribution is -2.34. The molecule has 0 saturated heterocycles. The number of benzene rings is 2. The summed E-state index contributed by atoms with van der Waals surface area (Å²) < 4.78 is 26.4. The number of hydrogen-bond donors (Lipinski definition) is 3. The van der Waals surface area contributed by atoms with Gasteiger partial charge in [-0.2, -0.15) is 0 Å². The Bertz CT molecular complexity index is 961. The van der Waals surface area contributed by atoms with E-state index in [4.69, 9.17) is 23.8 Å². The third kappa shape index (κ3) is 6.72. The summed E-state index contributed by atoms with van der Waals surface area (Å²) in [7, 11) is -3.59. The molecule has 0 aliphatic carbocycles. The minimum absolute atomic E-state index is 0.120. The van der Waals surface area contributed by atoms with Gasteiger partial charge >= 0.3 is 0 Å². The molecule has 9 heteroatoms. The molecule has 1 amide bonds. The Kier molecular flexibility index (Phi) is 8.13. The minimum atomic E-state index is -3.59. The topological polar surface area (TPSA) is 87.3 Å². The van der Waals surface area contributed by atoms with Crippen LogP contribution in [0.4, 0.5) is 5.69 Å². The van der Waals surface area contributed by atoms with Gasteiger partial charge in [0, 0.05) is 23.7 Å². The van der Waals surface area contributed by atoms with Crippen molar-refractivity contribution in [2.75, 3.05) is 11.9 Å². The van der Waals surface area contributed by atoms with Crippen LogP contribution in [0.3, 0.4) is 0 Å². The fourth-order valence-electron chi connectivity index (χ4n) is 2.27. The lowest BCUT2D eigenvalue weighted by molar-refractivity contribution is -0.119. The Hall–Kier alpha value is -2.26. The summed E-state index contributed by atoms with van der Waals surface area (Å²) in [5.41, 5.74) is 1.44. The molecule has 0 heterocycles. The highest BCUT2D eigenvalue weighted by Crippen LogP contribution is 2.16. The van der Waals surface area contributed by atoms with Crippen LogP contribution in [0.25, 0.3) is 0 Å². The number of sulfonamides is 1. The van der Waals surface area contributed by atoms with Crippen molar-refractivity contribution in [3.63, 3.8) is 0 Å². The number of halogens is 1. The Morgan fingerprint density at radius 3 is 2.46 bits per heavy atom. The second-order valence-corrected chi connectivity index (χ2v) is 8.34. The second-order valence-electron chi connectivity index (χ2n) is 5.76. The molecule has 0 radical (unpaired) electrons. The molecular formula is C19H20ClN3O3S2. The fraction of sp³-hybridized carbons (Fsp3) is 0.158. The molecule has 3 N–H and O–H groups in total. The fourth-order valence-corrected chi connectivity index (χ4v) is 3.73. The molecule has 148 valence electrons. The van der Waals surface area contributed by atoms with E-state index in [1.54, 1.807) is 18.2 Å². The van der Waals surface area contributed by atoms with Gasteiger partial charge in [0.15, 0.2) is 5.11 Å². The van der Waals surface area contributed by atoms with E-state index >= 15 is 0 Å². The van der Waals surface area contributed by atoms with E-state index < -0.39 is 10.0 Å². The van der Waals surface area contributed by atoms with Gasteiger partial charge in [0.1, 0.15) is 0 Å². The van der Waals surface area contributed by atoms with E-state index in [-0.39, 0.29) is 28.9 Å². The molecule has 28 heavy (non-hydrogen) atoms. The average Bonchev–Trinajstić information content (AvgIpc) is 2.66. The summed E-state index contributed by atoms with van der Waals surface area (Å²) in [5, 5.41) is 6.18. The molecule has 0 aliphatic rings. The maximum absolute atomic E-state index is 12.0. The predicted molar refractivity (Wildman–Crippen MR) is 116 cm³/mol. The van der Waals surface area contributed by atoms with Gasteiger partial charge in [0.25, 0.3) is 0 Å². The third-order valence-corrected chi connectivity index (χ3v) is 5.68. The molecule has 6 nitrogen and oxygen atoms in total. The van der Waals surface area contributed by atoms with E-state index in [2.05, 4.69) is 21.9 Å². The lowest BCUT2D eigenvalue weighted by Gasteiger charge is -2.11. The van der Waals surface area contributed by atoms with Gasteiger partial charge in [-0.3, -0.25) is 4.79 Å². The first-order valence-electron chi connectivity index (χ1n) is 8.36. The normalized spacial score (nSPS) is 10.9. The quantitative estimate of drug-likeness (QED) is 0.436. The number of amides is 1. The van der Waals surface area contributed by atoms with E-state index in [0.717, 1.165) is 5.56 Å². The van der Waals surface area contributed by atoms with Crippen molar-refractivity contribution in [3.05, 3.63) is 71.8 Å². The number of anilines is 1. The third-order valence-electron chi connectivity index (χ3n) is 3.67. The summed E-state index contributed by atoms with van der Waals surface area (Å²) in [6.45, 7) is 3.62. The maximum atomic E-state index is 12.0. The lowest BCUT2D eigenvalue weighted by atomic mass is 10.1. The number of nitrogens with one attached hydrogen (secondary N) is 3. The number of carbonyl (C=O) groups is 1. The van der Waals surface area contributed by atoms with Crippen molar-refractivity contribution in [2.45, 2.75) is 17.7 Å². The van der Waals surface area contributed by atoms with Crippen LogP contribution in [0.2, 0.25) is 5.02 Å². The van der Waals surface area contributed by atoms with Gasteiger partial charge in [-0.15, -0.1) is 6.58 Å². The maximum Gasteiger partial charge on any atom is 0.240 e. The summed E-state index contributed by atoms with van der Waals surface area (Å²) in [5.74, 6) is -0.245. The van der Waals surface area contributed by atoms with E-state index in [1.165, 1.54) is 18.2 Å². The van der Waals surface area contributed by atoms with Crippen LogP contribution in [0, 0.1) is 0 Å². The van der Waals surface area contributed by atoms with Gasteiger partial charge in [0.05, 0.1) is 4.90 Å². The van der Waals surface area contributed by atoms with Crippen molar-refractivity contribution in [2.24, 2.45) is 0 Å². The van der Waals surface area contributed by atoms with Crippen molar-refractivity contribution < 1.29 is 13.2 Å². The summed E-state index contributed by atoms with van der Waals surface area (Å²) in [4.78, 5) is 12.2. The van der Waals surface area contributed by atoms with Crippen molar-refractivity contribution in [1.82, 2.24) is 10.0 Å². The molecule has 0 aliphatic heterocycles. The highest BCUT2D eigenvalue weighted by atomic mass is 35.5. The number of aryl methyl sites for hydroxylation is 1. The zero-order valence-electron chi connectivity index (χ0n) is 14.9. The molecule has 0 fully saturated rings. The first-order chi connectivity index (χ1) is 13.3. The first kappa shape index (κ1) is 22.0. The molecule has 0 unspecified atom stereocenters. The molecule has 2 rings (SSSR count). The smallest absolute Gasteiger partial charge is 0.240 e. The van der Waals surface area contributed by atoms with Crippen LogP contribution in [0.1, 0.15) is 12.0 Å². The zero-order chi connectivity index (χ0) is 20.6. The van der Waals surface area contributed by atoms with Gasteiger partial charge in [-0.25, -0.2) is 13.1 Å². The van der Waals surface area contributed by atoms with Gasteiger partial charge in [-0.05, 0) is 54.5 Å². The Morgan fingerprint density at radius 1 is 1.14 bits per heavy atom. The summed E-state index contributed by atoms with van der Waals surface area (Å²) >= 11 is 11.2. The predicted octanol–water partition coefficient (Wildman–Crippen LogP) is 3.25. The summed E-state index contributed by atoms with van der Waals surface area (Å²) in [6, 6.07) is 13.3.